The molecule has 1 aromatic rings. The van der Waals surface area contributed by atoms with Crippen molar-refractivity contribution in [2.24, 2.45) is 0 Å². The van der Waals surface area contributed by atoms with Crippen molar-refractivity contribution in [2.75, 3.05) is 0 Å². The van der Waals surface area contributed by atoms with Crippen LogP contribution in [0.3, 0.4) is 0 Å². The minimum Gasteiger partial charge on any atom is -0.259 e. The summed E-state index contributed by atoms with van der Waals surface area (Å²) in [5.74, 6) is 0. The van der Waals surface area contributed by atoms with Crippen LogP contribution in [0.25, 0.3) is 0 Å². The van der Waals surface area contributed by atoms with Crippen molar-refractivity contribution >= 4 is 10.1 Å². The molecular formula is C11H14O3S. The molecule has 0 amide bonds. The molecule has 1 atom stereocenters. The molecule has 0 bridgehead atoms. The first kappa shape index (κ1) is 11.9. The van der Waals surface area contributed by atoms with Gasteiger partial charge in [0.2, 0.25) is 0 Å². The second-order valence-corrected chi connectivity index (χ2v) is 4.88. The predicted octanol–water partition coefficient (Wildman–Crippen LogP) is 2.27. The zero-order valence-electron chi connectivity index (χ0n) is 8.80. The lowest BCUT2D eigenvalue weighted by molar-refractivity contribution is 0.275. The Labute approximate surface area is 90.5 Å². The normalized spacial score (nSPS) is 13.5. The molecular weight excluding hydrogens is 212 g/mol. The van der Waals surface area contributed by atoms with Gasteiger partial charge in [0.25, 0.3) is 10.1 Å². The Kier molecular flexibility index (Phi) is 3.66. The van der Waals surface area contributed by atoms with E-state index in [-0.39, 0.29) is 4.90 Å². The van der Waals surface area contributed by atoms with Crippen LogP contribution in [-0.2, 0) is 14.3 Å². The first-order valence-corrected chi connectivity index (χ1v) is 5.99. The van der Waals surface area contributed by atoms with Crippen molar-refractivity contribution in [1.82, 2.24) is 0 Å². The molecule has 15 heavy (non-hydrogen) atoms. The van der Waals surface area contributed by atoms with E-state index in [0.717, 1.165) is 5.56 Å². The summed E-state index contributed by atoms with van der Waals surface area (Å²) in [6, 6.07) is 6.52. The van der Waals surface area contributed by atoms with E-state index < -0.39 is 16.2 Å². The molecule has 82 valence electrons. The van der Waals surface area contributed by atoms with Crippen LogP contribution >= 0.6 is 0 Å². The highest BCUT2D eigenvalue weighted by Gasteiger charge is 2.16. The largest absolute Gasteiger partial charge is 0.297 e. The van der Waals surface area contributed by atoms with Crippen molar-refractivity contribution in [3.05, 3.63) is 42.5 Å². The first-order chi connectivity index (χ1) is 6.95. The minimum absolute atomic E-state index is 0.168. The highest BCUT2D eigenvalue weighted by molar-refractivity contribution is 7.86. The van der Waals surface area contributed by atoms with Crippen LogP contribution in [0.4, 0.5) is 0 Å². The second-order valence-electron chi connectivity index (χ2n) is 3.30. The molecule has 0 aromatic heterocycles. The first-order valence-electron chi connectivity index (χ1n) is 4.58. The standard InChI is InChI=1S/C11H14O3S/c1-4-10(3)14-15(12,13)11-7-5-9(2)6-8-11/h4-8,10H,1H2,2-3H3. The Morgan fingerprint density at radius 3 is 2.33 bits per heavy atom. The molecule has 1 aromatic carbocycles. The summed E-state index contributed by atoms with van der Waals surface area (Å²) in [7, 11) is -3.66. The molecule has 0 radical (unpaired) electrons. The van der Waals surface area contributed by atoms with Crippen molar-refractivity contribution in [3.8, 4) is 0 Å². The van der Waals surface area contributed by atoms with Gasteiger partial charge in [0.05, 0.1) is 11.0 Å². The van der Waals surface area contributed by atoms with Gasteiger partial charge in [0, 0.05) is 0 Å². The molecule has 0 heterocycles. The van der Waals surface area contributed by atoms with Crippen LogP contribution in [0.15, 0.2) is 41.8 Å². The third-order valence-corrected chi connectivity index (χ3v) is 3.33. The van der Waals surface area contributed by atoms with Gasteiger partial charge in [-0.1, -0.05) is 23.8 Å². The lowest BCUT2D eigenvalue weighted by Crippen LogP contribution is -2.13. The molecule has 1 unspecified atom stereocenters. The fourth-order valence-electron chi connectivity index (χ4n) is 1.000. The van der Waals surface area contributed by atoms with Gasteiger partial charge in [-0.25, -0.2) is 0 Å². The number of rotatable bonds is 4. The van der Waals surface area contributed by atoms with Crippen molar-refractivity contribution in [2.45, 2.75) is 24.8 Å². The van der Waals surface area contributed by atoms with E-state index in [1.165, 1.54) is 18.2 Å². The lowest BCUT2D eigenvalue weighted by atomic mass is 10.2. The molecule has 0 aliphatic heterocycles. The maximum absolute atomic E-state index is 11.6. The van der Waals surface area contributed by atoms with E-state index in [2.05, 4.69) is 6.58 Å². The van der Waals surface area contributed by atoms with Gasteiger partial charge in [-0.05, 0) is 26.0 Å². The second kappa shape index (κ2) is 4.59. The molecule has 0 N–H and O–H groups in total. The Balaban J connectivity index is 2.96. The van der Waals surface area contributed by atoms with Gasteiger partial charge in [-0.15, -0.1) is 6.58 Å². The molecule has 0 spiro atoms. The maximum Gasteiger partial charge on any atom is 0.297 e. The van der Waals surface area contributed by atoms with Crippen LogP contribution in [0, 0.1) is 6.92 Å². The van der Waals surface area contributed by atoms with E-state index in [0.29, 0.717) is 0 Å². The molecule has 3 nitrogen and oxygen atoms in total. The number of aryl methyl sites for hydroxylation is 1. The van der Waals surface area contributed by atoms with Gasteiger partial charge < -0.3 is 0 Å². The van der Waals surface area contributed by atoms with Crippen molar-refractivity contribution in [3.63, 3.8) is 0 Å². The summed E-state index contributed by atoms with van der Waals surface area (Å²) in [6.07, 6.45) is 0.919. The Hall–Kier alpha value is -1.13. The summed E-state index contributed by atoms with van der Waals surface area (Å²) in [4.78, 5) is 0.168. The minimum atomic E-state index is -3.66. The van der Waals surface area contributed by atoms with Crippen LogP contribution < -0.4 is 0 Å². The molecule has 0 saturated carbocycles. The number of hydrogen-bond donors (Lipinski definition) is 0. The number of hydrogen-bond acceptors (Lipinski definition) is 3. The van der Waals surface area contributed by atoms with Gasteiger partial charge in [0.1, 0.15) is 0 Å². The van der Waals surface area contributed by atoms with Crippen LogP contribution in [0.1, 0.15) is 12.5 Å². The highest BCUT2D eigenvalue weighted by atomic mass is 32.2. The third-order valence-electron chi connectivity index (χ3n) is 1.92. The molecule has 0 fully saturated rings. The van der Waals surface area contributed by atoms with Crippen LogP contribution in [-0.4, -0.2) is 14.5 Å². The lowest BCUT2D eigenvalue weighted by Gasteiger charge is -2.08. The highest BCUT2D eigenvalue weighted by Crippen LogP contribution is 2.15. The quantitative estimate of drug-likeness (QED) is 0.584. The predicted molar refractivity (Wildman–Crippen MR) is 59.1 cm³/mol. The Morgan fingerprint density at radius 2 is 1.87 bits per heavy atom. The van der Waals surface area contributed by atoms with Crippen molar-refractivity contribution in [1.29, 1.82) is 0 Å². The van der Waals surface area contributed by atoms with E-state index in [1.54, 1.807) is 19.1 Å². The summed E-state index contributed by atoms with van der Waals surface area (Å²) < 4.78 is 28.2. The summed E-state index contributed by atoms with van der Waals surface area (Å²) >= 11 is 0. The molecule has 0 aliphatic carbocycles. The van der Waals surface area contributed by atoms with Gasteiger partial charge in [-0.3, -0.25) is 4.18 Å². The summed E-state index contributed by atoms with van der Waals surface area (Å²) in [5, 5.41) is 0. The van der Waals surface area contributed by atoms with E-state index >= 15 is 0 Å². The molecule has 0 saturated heterocycles. The maximum atomic E-state index is 11.6. The average Bonchev–Trinajstić information content (AvgIpc) is 2.17. The van der Waals surface area contributed by atoms with Gasteiger partial charge >= 0.3 is 0 Å². The molecule has 1 rings (SSSR count). The summed E-state index contributed by atoms with van der Waals surface area (Å²) in [6.45, 7) is 6.98. The summed E-state index contributed by atoms with van der Waals surface area (Å²) in [5.41, 5.74) is 1.01. The monoisotopic (exact) mass is 226 g/mol. The fourth-order valence-corrected chi connectivity index (χ4v) is 2.06. The zero-order chi connectivity index (χ0) is 11.5. The Morgan fingerprint density at radius 1 is 1.33 bits per heavy atom. The molecule has 0 aliphatic rings. The van der Waals surface area contributed by atoms with E-state index in [9.17, 15) is 8.42 Å². The number of benzene rings is 1. The topological polar surface area (TPSA) is 43.4 Å². The van der Waals surface area contributed by atoms with Crippen LogP contribution in [0.2, 0.25) is 0 Å². The van der Waals surface area contributed by atoms with Gasteiger partial charge in [-0.2, -0.15) is 8.42 Å². The van der Waals surface area contributed by atoms with Crippen molar-refractivity contribution < 1.29 is 12.6 Å². The Bertz CT molecular complexity index is 431. The SMILES string of the molecule is C=CC(C)OS(=O)(=O)c1ccc(C)cc1. The van der Waals surface area contributed by atoms with E-state index in [1.807, 2.05) is 6.92 Å². The fraction of sp³-hybridized carbons (Fsp3) is 0.273. The zero-order valence-corrected chi connectivity index (χ0v) is 9.62. The molecule has 4 heteroatoms. The van der Waals surface area contributed by atoms with Gasteiger partial charge in [0.15, 0.2) is 0 Å². The third kappa shape index (κ3) is 3.18. The van der Waals surface area contributed by atoms with E-state index in [4.69, 9.17) is 4.18 Å². The van der Waals surface area contributed by atoms with Crippen LogP contribution in [0.5, 0.6) is 0 Å². The average molecular weight is 226 g/mol. The smallest absolute Gasteiger partial charge is 0.259 e.